The number of aromatic nitrogens is 2. The zero-order valence-electron chi connectivity index (χ0n) is 6.65. The maximum Gasteiger partial charge on any atom is 0.0736 e. The van der Waals surface area contributed by atoms with Gasteiger partial charge < -0.3 is 0 Å². The van der Waals surface area contributed by atoms with Crippen LogP contribution in [0.25, 0.3) is 10.9 Å². The predicted molar refractivity (Wildman–Crippen MR) is 51.5 cm³/mol. The molecule has 0 unspecified atom stereocenters. The fraction of sp³-hybridized carbons (Fsp3) is 0.111. The third-order valence-corrected chi connectivity index (χ3v) is 2.23. The Labute approximate surface area is 76.1 Å². The lowest BCUT2D eigenvalue weighted by atomic mass is 10.2. The smallest absolute Gasteiger partial charge is 0.0736 e. The van der Waals surface area contributed by atoms with Gasteiger partial charge in [0.15, 0.2) is 0 Å². The highest BCUT2D eigenvalue weighted by molar-refractivity contribution is 7.80. The van der Waals surface area contributed by atoms with Crippen molar-refractivity contribution in [3.63, 3.8) is 0 Å². The van der Waals surface area contributed by atoms with E-state index < -0.39 is 0 Å². The second-order valence-electron chi connectivity index (χ2n) is 2.66. The van der Waals surface area contributed by atoms with Gasteiger partial charge in [-0.05, 0) is 19.1 Å². The van der Waals surface area contributed by atoms with Crippen LogP contribution in [0.4, 0.5) is 0 Å². The molecule has 3 heteroatoms. The van der Waals surface area contributed by atoms with Crippen LogP contribution in [-0.4, -0.2) is 9.97 Å². The monoisotopic (exact) mass is 176 g/mol. The summed E-state index contributed by atoms with van der Waals surface area (Å²) >= 11 is 4.28. The number of rotatable bonds is 0. The highest BCUT2D eigenvalue weighted by atomic mass is 32.1. The van der Waals surface area contributed by atoms with Crippen LogP contribution >= 0.6 is 12.6 Å². The molecule has 0 saturated carbocycles. The Balaban J connectivity index is 2.84. The fourth-order valence-electron chi connectivity index (χ4n) is 1.10. The SMILES string of the molecule is Cc1nc2ccncc2cc1S. The molecule has 2 aromatic heterocycles. The first kappa shape index (κ1) is 7.55. The molecule has 0 aliphatic carbocycles. The largest absolute Gasteiger partial charge is 0.264 e. The number of nitrogens with zero attached hydrogens (tertiary/aromatic N) is 2. The van der Waals surface area contributed by atoms with Crippen LogP contribution in [0.1, 0.15) is 5.69 Å². The Kier molecular flexibility index (Phi) is 1.73. The van der Waals surface area contributed by atoms with Crippen molar-refractivity contribution in [2.75, 3.05) is 0 Å². The van der Waals surface area contributed by atoms with Crippen LogP contribution in [0.15, 0.2) is 29.4 Å². The van der Waals surface area contributed by atoms with Crippen molar-refractivity contribution in [2.24, 2.45) is 0 Å². The van der Waals surface area contributed by atoms with Crippen molar-refractivity contribution in [3.05, 3.63) is 30.2 Å². The van der Waals surface area contributed by atoms with Crippen molar-refractivity contribution >= 4 is 23.5 Å². The molecule has 0 radical (unpaired) electrons. The number of fused-ring (bicyclic) bond motifs is 1. The Morgan fingerprint density at radius 1 is 1.42 bits per heavy atom. The zero-order valence-corrected chi connectivity index (χ0v) is 7.55. The van der Waals surface area contributed by atoms with Crippen LogP contribution in [0.2, 0.25) is 0 Å². The van der Waals surface area contributed by atoms with Gasteiger partial charge in [0.2, 0.25) is 0 Å². The van der Waals surface area contributed by atoms with E-state index in [-0.39, 0.29) is 0 Å². The first-order valence-electron chi connectivity index (χ1n) is 3.68. The van der Waals surface area contributed by atoms with Gasteiger partial charge in [0.05, 0.1) is 11.2 Å². The van der Waals surface area contributed by atoms with E-state index in [1.165, 1.54) is 0 Å². The summed E-state index contributed by atoms with van der Waals surface area (Å²) < 4.78 is 0. The molecular formula is C9H8N2S. The van der Waals surface area contributed by atoms with E-state index in [1.54, 1.807) is 12.4 Å². The lowest BCUT2D eigenvalue weighted by molar-refractivity contribution is 1.16. The lowest BCUT2D eigenvalue weighted by Crippen LogP contribution is -1.85. The van der Waals surface area contributed by atoms with Gasteiger partial charge >= 0.3 is 0 Å². The highest BCUT2D eigenvalue weighted by Gasteiger charge is 1.98. The summed E-state index contributed by atoms with van der Waals surface area (Å²) in [4.78, 5) is 9.28. The first-order valence-corrected chi connectivity index (χ1v) is 4.12. The van der Waals surface area contributed by atoms with Gasteiger partial charge in [0.1, 0.15) is 0 Å². The van der Waals surface area contributed by atoms with Crippen LogP contribution in [0.5, 0.6) is 0 Å². The van der Waals surface area contributed by atoms with E-state index in [0.29, 0.717) is 0 Å². The molecule has 2 aromatic rings. The van der Waals surface area contributed by atoms with Crippen molar-refractivity contribution < 1.29 is 0 Å². The quantitative estimate of drug-likeness (QED) is 0.623. The number of pyridine rings is 2. The Bertz CT molecular complexity index is 385. The standard InChI is InChI=1S/C9H8N2S/c1-6-9(12)4-7-5-10-3-2-8(7)11-6/h2-5,12H,1H3. The second kappa shape index (κ2) is 2.75. The van der Waals surface area contributed by atoms with E-state index in [4.69, 9.17) is 0 Å². The van der Waals surface area contributed by atoms with E-state index in [9.17, 15) is 0 Å². The maximum absolute atomic E-state index is 4.36. The average molecular weight is 176 g/mol. The van der Waals surface area contributed by atoms with Gasteiger partial charge in [-0.25, -0.2) is 0 Å². The summed E-state index contributed by atoms with van der Waals surface area (Å²) in [7, 11) is 0. The molecule has 0 amide bonds. The topological polar surface area (TPSA) is 25.8 Å². The molecule has 0 aliphatic heterocycles. The summed E-state index contributed by atoms with van der Waals surface area (Å²) in [5, 5.41) is 1.04. The molecule has 2 heterocycles. The minimum Gasteiger partial charge on any atom is -0.264 e. The van der Waals surface area contributed by atoms with Crippen molar-refractivity contribution in [2.45, 2.75) is 11.8 Å². The van der Waals surface area contributed by atoms with Gasteiger partial charge in [0, 0.05) is 22.7 Å². The van der Waals surface area contributed by atoms with Gasteiger partial charge in [-0.15, -0.1) is 12.6 Å². The third kappa shape index (κ3) is 1.16. The molecule has 0 spiro atoms. The van der Waals surface area contributed by atoms with Gasteiger partial charge in [0.25, 0.3) is 0 Å². The molecule has 0 N–H and O–H groups in total. The van der Waals surface area contributed by atoms with Gasteiger partial charge in [-0.2, -0.15) is 0 Å². The van der Waals surface area contributed by atoms with E-state index in [1.807, 2.05) is 19.1 Å². The molecular weight excluding hydrogens is 168 g/mol. The number of thiol groups is 1. The molecule has 2 rings (SSSR count). The molecule has 60 valence electrons. The molecule has 0 fully saturated rings. The molecule has 12 heavy (non-hydrogen) atoms. The van der Waals surface area contributed by atoms with E-state index >= 15 is 0 Å². The van der Waals surface area contributed by atoms with Gasteiger partial charge in [-0.1, -0.05) is 0 Å². The Morgan fingerprint density at radius 2 is 2.25 bits per heavy atom. The lowest BCUT2D eigenvalue weighted by Gasteiger charge is -2.00. The van der Waals surface area contributed by atoms with E-state index in [2.05, 4.69) is 22.6 Å². The van der Waals surface area contributed by atoms with E-state index in [0.717, 1.165) is 21.5 Å². The molecule has 0 aromatic carbocycles. The summed E-state index contributed by atoms with van der Waals surface area (Å²) in [6.07, 6.45) is 3.54. The van der Waals surface area contributed by atoms with Crippen molar-refractivity contribution in [3.8, 4) is 0 Å². The molecule has 0 bridgehead atoms. The molecule has 2 nitrogen and oxygen atoms in total. The third-order valence-electron chi connectivity index (χ3n) is 1.78. The van der Waals surface area contributed by atoms with Crippen LogP contribution in [-0.2, 0) is 0 Å². The van der Waals surface area contributed by atoms with Crippen LogP contribution in [0, 0.1) is 6.92 Å². The summed E-state index contributed by atoms with van der Waals surface area (Å²) in [6, 6.07) is 3.88. The van der Waals surface area contributed by atoms with Crippen molar-refractivity contribution in [1.82, 2.24) is 9.97 Å². The maximum atomic E-state index is 4.36. The summed E-state index contributed by atoms with van der Waals surface area (Å²) in [5.41, 5.74) is 1.93. The predicted octanol–water partition coefficient (Wildman–Crippen LogP) is 2.23. The minimum absolute atomic E-state index is 0.913. The number of aryl methyl sites for hydroxylation is 1. The molecule has 0 atom stereocenters. The average Bonchev–Trinajstić information content (AvgIpc) is 2.07. The fourth-order valence-corrected chi connectivity index (χ4v) is 1.29. The van der Waals surface area contributed by atoms with Crippen LogP contribution in [0.3, 0.4) is 0 Å². The Morgan fingerprint density at radius 3 is 3.08 bits per heavy atom. The molecule has 0 saturated heterocycles. The van der Waals surface area contributed by atoms with Crippen LogP contribution < -0.4 is 0 Å². The van der Waals surface area contributed by atoms with Gasteiger partial charge in [-0.3, -0.25) is 9.97 Å². The normalized spacial score (nSPS) is 10.5. The number of hydrogen-bond acceptors (Lipinski definition) is 3. The summed E-state index contributed by atoms with van der Waals surface area (Å²) in [6.45, 7) is 1.95. The Hall–Kier alpha value is -1.09. The molecule has 0 aliphatic rings. The second-order valence-corrected chi connectivity index (χ2v) is 3.14. The van der Waals surface area contributed by atoms with Crippen molar-refractivity contribution in [1.29, 1.82) is 0 Å². The highest BCUT2D eigenvalue weighted by Crippen LogP contribution is 2.17. The first-order chi connectivity index (χ1) is 5.77. The summed E-state index contributed by atoms with van der Waals surface area (Å²) in [5.74, 6) is 0. The zero-order chi connectivity index (χ0) is 8.55. The minimum atomic E-state index is 0.913. The number of hydrogen-bond donors (Lipinski definition) is 1.